The first-order chi connectivity index (χ1) is 8.97. The van der Waals surface area contributed by atoms with Gasteiger partial charge in [-0.2, -0.15) is 0 Å². The van der Waals surface area contributed by atoms with Gasteiger partial charge in [-0.15, -0.1) is 0 Å². The normalized spacial score (nSPS) is 15.1. The minimum Gasteiger partial charge on any atom is -0.261 e. The second-order valence-electron chi connectivity index (χ2n) is 4.52. The molecule has 0 aromatic rings. The molecular formula is C18H25N. The molecule has 1 nitrogen and oxygen atoms in total. The van der Waals surface area contributed by atoms with Crippen LogP contribution in [0.4, 0.5) is 0 Å². The fraction of sp³-hybridized carbons (Fsp3) is 0.278. The van der Waals surface area contributed by atoms with Crippen LogP contribution in [0.1, 0.15) is 34.6 Å². The molecule has 0 fully saturated rings. The maximum absolute atomic E-state index is 4.41. The monoisotopic (exact) mass is 255 g/mol. The van der Waals surface area contributed by atoms with Crippen molar-refractivity contribution in [3.63, 3.8) is 0 Å². The topological polar surface area (TPSA) is 12.4 Å². The zero-order valence-electron chi connectivity index (χ0n) is 12.8. The highest BCUT2D eigenvalue weighted by Crippen LogP contribution is 2.08. The fourth-order valence-corrected chi connectivity index (χ4v) is 1.14. The second kappa shape index (κ2) is 10.1. The number of nitrogens with zero attached hydrogens (tertiary/aromatic N) is 1. The molecule has 0 aromatic carbocycles. The van der Waals surface area contributed by atoms with Gasteiger partial charge in [0, 0.05) is 11.9 Å². The van der Waals surface area contributed by atoms with Crippen molar-refractivity contribution in [2.45, 2.75) is 34.6 Å². The molecule has 0 rings (SSSR count). The van der Waals surface area contributed by atoms with E-state index in [4.69, 9.17) is 0 Å². The molecule has 0 aromatic heterocycles. The lowest BCUT2D eigenvalue weighted by atomic mass is 10.1. The third kappa shape index (κ3) is 9.78. The molecule has 19 heavy (non-hydrogen) atoms. The van der Waals surface area contributed by atoms with Gasteiger partial charge in [0.1, 0.15) is 0 Å². The first kappa shape index (κ1) is 17.1. The highest BCUT2D eigenvalue weighted by Gasteiger charge is 1.90. The first-order valence-electron chi connectivity index (χ1n) is 6.48. The standard InChI is InChI=1S/C18H25N/c1-7-8-9-13-18(6)19-14-17(5)16(4)12-10-11-15(2)3/h7-14H,2H2,1,3-6H3/b8-7-,11-10-,13-9-,16-12+,17-14+,19-18+. The molecule has 0 atom stereocenters. The van der Waals surface area contributed by atoms with E-state index in [1.54, 1.807) is 0 Å². The van der Waals surface area contributed by atoms with Crippen LogP contribution in [0, 0.1) is 0 Å². The Morgan fingerprint density at radius 1 is 0.895 bits per heavy atom. The number of aliphatic imine (C=N–C) groups is 1. The maximum atomic E-state index is 4.41. The molecule has 0 aliphatic heterocycles. The van der Waals surface area contributed by atoms with Crippen molar-refractivity contribution in [2.24, 2.45) is 4.99 Å². The van der Waals surface area contributed by atoms with Gasteiger partial charge in [0.25, 0.3) is 0 Å². The summed E-state index contributed by atoms with van der Waals surface area (Å²) < 4.78 is 0. The molecule has 0 unspecified atom stereocenters. The van der Waals surface area contributed by atoms with Crippen molar-refractivity contribution in [3.05, 3.63) is 72.0 Å². The predicted molar refractivity (Wildman–Crippen MR) is 88.5 cm³/mol. The van der Waals surface area contributed by atoms with E-state index >= 15 is 0 Å². The predicted octanol–water partition coefficient (Wildman–Crippen LogP) is 5.56. The highest BCUT2D eigenvalue weighted by atomic mass is 14.7. The van der Waals surface area contributed by atoms with E-state index in [0.29, 0.717) is 0 Å². The quantitative estimate of drug-likeness (QED) is 0.435. The van der Waals surface area contributed by atoms with Gasteiger partial charge in [-0.1, -0.05) is 48.6 Å². The summed E-state index contributed by atoms with van der Waals surface area (Å²) in [6.07, 6.45) is 15.9. The Morgan fingerprint density at radius 2 is 1.58 bits per heavy atom. The maximum Gasteiger partial charge on any atom is 0.0372 e. The lowest BCUT2D eigenvalue weighted by Gasteiger charge is -1.98. The summed E-state index contributed by atoms with van der Waals surface area (Å²) >= 11 is 0. The van der Waals surface area contributed by atoms with Gasteiger partial charge in [0.15, 0.2) is 0 Å². The van der Waals surface area contributed by atoms with Crippen LogP contribution < -0.4 is 0 Å². The number of allylic oxidation sites excluding steroid dienone is 10. The average Bonchev–Trinajstić information content (AvgIpc) is 2.35. The van der Waals surface area contributed by atoms with Crippen LogP contribution in [-0.2, 0) is 0 Å². The summed E-state index contributed by atoms with van der Waals surface area (Å²) in [5.74, 6) is 0. The minimum absolute atomic E-state index is 0.989. The molecule has 0 bridgehead atoms. The van der Waals surface area contributed by atoms with E-state index in [2.05, 4.69) is 31.5 Å². The Kier molecular flexibility index (Phi) is 9.07. The molecule has 0 saturated heterocycles. The van der Waals surface area contributed by atoms with Gasteiger partial charge in [-0.25, -0.2) is 0 Å². The van der Waals surface area contributed by atoms with Gasteiger partial charge in [0.2, 0.25) is 0 Å². The van der Waals surface area contributed by atoms with Crippen LogP contribution in [-0.4, -0.2) is 5.71 Å². The molecule has 0 aliphatic carbocycles. The SMILES string of the molecule is C=C(C)\C=C/C=C(C)/C(C)=C/N=C(C)/C=C\C=C/C. The van der Waals surface area contributed by atoms with Crippen LogP contribution in [0.2, 0.25) is 0 Å². The number of rotatable bonds is 6. The van der Waals surface area contributed by atoms with E-state index in [-0.39, 0.29) is 0 Å². The van der Waals surface area contributed by atoms with Crippen molar-refractivity contribution < 1.29 is 0 Å². The van der Waals surface area contributed by atoms with Gasteiger partial charge in [-0.05, 0) is 51.8 Å². The van der Waals surface area contributed by atoms with Crippen molar-refractivity contribution in [3.8, 4) is 0 Å². The van der Waals surface area contributed by atoms with Crippen LogP contribution in [0.5, 0.6) is 0 Å². The Hall–Kier alpha value is -1.89. The number of hydrogen-bond donors (Lipinski definition) is 0. The summed E-state index contributed by atoms with van der Waals surface area (Å²) in [6.45, 7) is 13.9. The fourth-order valence-electron chi connectivity index (χ4n) is 1.14. The second-order valence-corrected chi connectivity index (χ2v) is 4.52. The largest absolute Gasteiger partial charge is 0.261 e. The molecule has 0 spiro atoms. The molecule has 0 aliphatic rings. The summed E-state index contributed by atoms with van der Waals surface area (Å²) in [7, 11) is 0. The summed E-state index contributed by atoms with van der Waals surface area (Å²) in [5.41, 5.74) is 4.40. The smallest absolute Gasteiger partial charge is 0.0372 e. The Labute approximate surface area is 118 Å². The highest BCUT2D eigenvalue weighted by molar-refractivity contribution is 5.93. The average molecular weight is 255 g/mol. The summed E-state index contributed by atoms with van der Waals surface area (Å²) in [4.78, 5) is 4.41. The van der Waals surface area contributed by atoms with Crippen LogP contribution in [0.3, 0.4) is 0 Å². The molecule has 102 valence electrons. The van der Waals surface area contributed by atoms with Gasteiger partial charge >= 0.3 is 0 Å². The molecular weight excluding hydrogens is 230 g/mol. The van der Waals surface area contributed by atoms with Crippen molar-refractivity contribution in [1.82, 2.24) is 0 Å². The van der Waals surface area contributed by atoms with Gasteiger partial charge in [-0.3, -0.25) is 4.99 Å². The molecule has 0 amide bonds. The molecule has 0 radical (unpaired) electrons. The van der Waals surface area contributed by atoms with Gasteiger partial charge in [0.05, 0.1) is 0 Å². The van der Waals surface area contributed by atoms with Crippen molar-refractivity contribution in [2.75, 3.05) is 0 Å². The Bertz CT molecular complexity index is 466. The zero-order chi connectivity index (χ0) is 14.7. The third-order valence-electron chi connectivity index (χ3n) is 2.45. The molecule has 1 heteroatoms. The van der Waals surface area contributed by atoms with Gasteiger partial charge < -0.3 is 0 Å². The van der Waals surface area contributed by atoms with E-state index in [0.717, 1.165) is 16.9 Å². The summed E-state index contributed by atoms with van der Waals surface area (Å²) in [5, 5.41) is 0. The Morgan fingerprint density at radius 3 is 2.16 bits per heavy atom. The van der Waals surface area contributed by atoms with Crippen LogP contribution in [0.25, 0.3) is 0 Å². The molecule has 0 N–H and O–H groups in total. The van der Waals surface area contributed by atoms with Crippen molar-refractivity contribution in [1.29, 1.82) is 0 Å². The van der Waals surface area contributed by atoms with Crippen LogP contribution >= 0.6 is 0 Å². The number of hydrogen-bond acceptors (Lipinski definition) is 1. The zero-order valence-corrected chi connectivity index (χ0v) is 12.8. The first-order valence-corrected chi connectivity index (χ1v) is 6.48. The van der Waals surface area contributed by atoms with Crippen LogP contribution in [0.15, 0.2) is 77.0 Å². The minimum atomic E-state index is 0.989. The summed E-state index contributed by atoms with van der Waals surface area (Å²) in [6, 6.07) is 0. The van der Waals surface area contributed by atoms with E-state index in [1.165, 1.54) is 5.57 Å². The molecule has 0 saturated carbocycles. The third-order valence-corrected chi connectivity index (χ3v) is 2.45. The van der Waals surface area contributed by atoms with Crippen molar-refractivity contribution >= 4 is 5.71 Å². The Balaban J connectivity index is 4.72. The van der Waals surface area contributed by atoms with E-state index < -0.39 is 0 Å². The molecule has 0 heterocycles. The van der Waals surface area contributed by atoms with E-state index in [9.17, 15) is 0 Å². The van der Waals surface area contributed by atoms with E-state index in [1.807, 2.05) is 63.4 Å². The lowest BCUT2D eigenvalue weighted by molar-refractivity contribution is 1.30. The lowest BCUT2D eigenvalue weighted by Crippen LogP contribution is -1.83.